The summed E-state index contributed by atoms with van der Waals surface area (Å²) in [6.45, 7) is 5.35. The number of hydrogen-bond donors (Lipinski definition) is 3. The molecule has 1 aliphatic carbocycles. The summed E-state index contributed by atoms with van der Waals surface area (Å²) in [5, 5.41) is 14.5. The molecule has 1 atom stereocenters. The van der Waals surface area contributed by atoms with E-state index in [1.165, 1.54) is 18.3 Å². The average molecular weight is 474 g/mol. The maximum Gasteiger partial charge on any atom is 0.411 e. The molecule has 35 heavy (non-hydrogen) atoms. The highest BCUT2D eigenvalue weighted by Gasteiger charge is 2.33. The third-order valence-corrected chi connectivity index (χ3v) is 5.97. The largest absolute Gasteiger partial charge is 0.480 e. The van der Waals surface area contributed by atoms with Crippen molar-refractivity contribution in [2.75, 3.05) is 11.9 Å². The van der Waals surface area contributed by atoms with Crippen LogP contribution < -0.4 is 10.6 Å². The fourth-order valence-electron chi connectivity index (χ4n) is 4.21. The Hall–Kier alpha value is -4.20. The zero-order valence-corrected chi connectivity index (χ0v) is 19.7. The van der Waals surface area contributed by atoms with E-state index in [1.54, 1.807) is 20.8 Å². The third-order valence-electron chi connectivity index (χ3n) is 5.97. The van der Waals surface area contributed by atoms with Crippen molar-refractivity contribution in [2.24, 2.45) is 5.41 Å². The molecule has 3 N–H and O–H groups in total. The summed E-state index contributed by atoms with van der Waals surface area (Å²) >= 11 is 0. The second kappa shape index (κ2) is 9.58. The quantitative estimate of drug-likeness (QED) is 0.479. The topological polar surface area (TPSA) is 118 Å². The summed E-state index contributed by atoms with van der Waals surface area (Å²) in [6, 6.07) is 18.0. The second-order valence-corrected chi connectivity index (χ2v) is 9.49. The number of carbonyl (C=O) groups is 3. The molecule has 180 valence electrons. The van der Waals surface area contributed by atoms with Crippen LogP contribution in [0.25, 0.3) is 11.1 Å². The van der Waals surface area contributed by atoms with E-state index in [-0.39, 0.29) is 18.2 Å². The first-order valence-corrected chi connectivity index (χ1v) is 11.3. The summed E-state index contributed by atoms with van der Waals surface area (Å²) in [5.74, 6) is -1.79. The molecule has 0 aliphatic heterocycles. The van der Waals surface area contributed by atoms with E-state index < -0.39 is 29.4 Å². The number of hydrogen-bond acceptors (Lipinski definition) is 5. The minimum absolute atomic E-state index is 0.0404. The highest BCUT2D eigenvalue weighted by molar-refractivity contribution is 5.95. The molecule has 8 heteroatoms. The molecule has 1 aromatic heterocycles. The van der Waals surface area contributed by atoms with Crippen molar-refractivity contribution < 1.29 is 24.2 Å². The first-order chi connectivity index (χ1) is 16.6. The molecule has 2 aromatic carbocycles. The van der Waals surface area contributed by atoms with E-state index in [0.717, 1.165) is 22.3 Å². The second-order valence-electron chi connectivity index (χ2n) is 9.49. The van der Waals surface area contributed by atoms with Crippen LogP contribution in [0.1, 0.15) is 48.3 Å². The van der Waals surface area contributed by atoms with E-state index in [4.69, 9.17) is 4.74 Å². The number of amides is 2. The van der Waals surface area contributed by atoms with Gasteiger partial charge in [0.1, 0.15) is 18.3 Å². The molecule has 0 saturated carbocycles. The lowest BCUT2D eigenvalue weighted by molar-refractivity contribution is -0.142. The number of anilines is 1. The van der Waals surface area contributed by atoms with Crippen LogP contribution in [0.3, 0.4) is 0 Å². The molecule has 1 heterocycles. The number of carboxylic acid groups (broad SMARTS) is 1. The predicted octanol–water partition coefficient (Wildman–Crippen LogP) is 4.67. The minimum atomic E-state index is -1.13. The standard InChI is InChI=1S/C27H27N3O5/c1-27(2,3)23(25(32)33)30-24(31)22-13-12-16(14-28-22)29-26(34)35-15-21-19-10-6-4-8-17(19)18-9-5-7-11-20(18)21/h4-14,21,23H,15H2,1-3H3,(H,29,34)(H,30,31)(H,32,33). The van der Waals surface area contributed by atoms with Gasteiger partial charge in [0.15, 0.2) is 0 Å². The van der Waals surface area contributed by atoms with Gasteiger partial charge < -0.3 is 15.2 Å². The fourth-order valence-corrected chi connectivity index (χ4v) is 4.21. The van der Waals surface area contributed by atoms with Gasteiger partial charge in [-0.15, -0.1) is 0 Å². The van der Waals surface area contributed by atoms with Crippen LogP contribution in [0.15, 0.2) is 66.9 Å². The summed E-state index contributed by atoms with van der Waals surface area (Å²) in [4.78, 5) is 40.4. The monoisotopic (exact) mass is 473 g/mol. The van der Waals surface area contributed by atoms with E-state index in [2.05, 4.69) is 27.8 Å². The maximum absolute atomic E-state index is 12.4. The molecule has 8 nitrogen and oxygen atoms in total. The number of carboxylic acids is 1. The number of pyridine rings is 1. The first kappa shape index (κ1) is 23.9. The van der Waals surface area contributed by atoms with Crippen LogP contribution in [0.5, 0.6) is 0 Å². The lowest BCUT2D eigenvalue weighted by Crippen LogP contribution is -2.49. The fraction of sp³-hybridized carbons (Fsp3) is 0.259. The number of rotatable bonds is 6. The van der Waals surface area contributed by atoms with Gasteiger partial charge >= 0.3 is 12.1 Å². The smallest absolute Gasteiger partial charge is 0.411 e. The van der Waals surface area contributed by atoms with E-state index >= 15 is 0 Å². The van der Waals surface area contributed by atoms with Gasteiger partial charge in [-0.3, -0.25) is 10.1 Å². The van der Waals surface area contributed by atoms with Gasteiger partial charge in [-0.25, -0.2) is 14.6 Å². The van der Waals surface area contributed by atoms with Gasteiger partial charge in [0, 0.05) is 5.92 Å². The number of benzene rings is 2. The van der Waals surface area contributed by atoms with Crippen LogP contribution in [0.4, 0.5) is 10.5 Å². The lowest BCUT2D eigenvalue weighted by Gasteiger charge is -2.27. The molecule has 3 aromatic rings. The Morgan fingerprint density at radius 2 is 1.57 bits per heavy atom. The summed E-state index contributed by atoms with van der Waals surface area (Å²) < 4.78 is 5.52. The highest BCUT2D eigenvalue weighted by atomic mass is 16.5. The molecular weight excluding hydrogens is 446 g/mol. The number of aromatic nitrogens is 1. The van der Waals surface area contributed by atoms with Crippen molar-refractivity contribution in [3.8, 4) is 11.1 Å². The number of fused-ring (bicyclic) bond motifs is 3. The Balaban J connectivity index is 1.37. The van der Waals surface area contributed by atoms with Crippen LogP contribution >= 0.6 is 0 Å². The Kier molecular flexibility index (Phi) is 6.55. The van der Waals surface area contributed by atoms with Gasteiger partial charge in [0.05, 0.1) is 11.9 Å². The number of carbonyl (C=O) groups excluding carboxylic acids is 2. The average Bonchev–Trinajstić information content (AvgIpc) is 3.14. The zero-order chi connectivity index (χ0) is 25.2. The van der Waals surface area contributed by atoms with Gasteiger partial charge in [-0.2, -0.15) is 0 Å². The van der Waals surface area contributed by atoms with Crippen molar-refractivity contribution in [3.05, 3.63) is 83.7 Å². The van der Waals surface area contributed by atoms with E-state index in [1.807, 2.05) is 36.4 Å². The van der Waals surface area contributed by atoms with Crippen molar-refractivity contribution >= 4 is 23.7 Å². The molecule has 2 amide bonds. The minimum Gasteiger partial charge on any atom is -0.480 e. The lowest BCUT2D eigenvalue weighted by atomic mass is 9.86. The van der Waals surface area contributed by atoms with Crippen LogP contribution in [-0.2, 0) is 9.53 Å². The molecule has 0 radical (unpaired) electrons. The summed E-state index contributed by atoms with van der Waals surface area (Å²) in [6.07, 6.45) is 0.688. The van der Waals surface area contributed by atoms with Gasteiger partial charge in [-0.1, -0.05) is 69.3 Å². The van der Waals surface area contributed by atoms with Gasteiger partial charge in [0.2, 0.25) is 0 Å². The number of ether oxygens (including phenoxy) is 1. The summed E-state index contributed by atoms with van der Waals surface area (Å²) in [5.41, 5.74) is 4.25. The van der Waals surface area contributed by atoms with Crippen LogP contribution in [0.2, 0.25) is 0 Å². The number of nitrogens with one attached hydrogen (secondary N) is 2. The molecule has 1 aliphatic rings. The molecule has 0 fully saturated rings. The molecule has 0 bridgehead atoms. The maximum atomic E-state index is 12.4. The van der Waals surface area contributed by atoms with Crippen molar-refractivity contribution in [1.29, 1.82) is 0 Å². The zero-order valence-electron chi connectivity index (χ0n) is 19.7. The van der Waals surface area contributed by atoms with Gasteiger partial charge in [-0.05, 0) is 39.8 Å². The van der Waals surface area contributed by atoms with Crippen LogP contribution in [0, 0.1) is 5.41 Å². The first-order valence-electron chi connectivity index (χ1n) is 11.3. The van der Waals surface area contributed by atoms with Crippen molar-refractivity contribution in [1.82, 2.24) is 10.3 Å². The predicted molar refractivity (Wildman–Crippen MR) is 131 cm³/mol. The number of aliphatic carboxylic acids is 1. The molecule has 0 saturated heterocycles. The molecule has 4 rings (SSSR count). The Bertz CT molecular complexity index is 1220. The Morgan fingerprint density at radius 3 is 2.09 bits per heavy atom. The SMILES string of the molecule is CC(C)(C)C(NC(=O)c1ccc(NC(=O)OCC2c3ccccc3-c3ccccc32)cn1)C(=O)O. The highest BCUT2D eigenvalue weighted by Crippen LogP contribution is 2.44. The number of nitrogens with zero attached hydrogens (tertiary/aromatic N) is 1. The third kappa shape index (κ3) is 5.16. The van der Waals surface area contributed by atoms with E-state index in [0.29, 0.717) is 5.69 Å². The molecule has 0 spiro atoms. The Labute approximate surface area is 203 Å². The van der Waals surface area contributed by atoms with Gasteiger partial charge in [0.25, 0.3) is 5.91 Å². The van der Waals surface area contributed by atoms with Crippen LogP contribution in [-0.4, -0.2) is 40.7 Å². The normalized spacial score (nSPS) is 13.3. The Morgan fingerprint density at radius 1 is 0.971 bits per heavy atom. The molecule has 1 unspecified atom stereocenters. The van der Waals surface area contributed by atoms with E-state index in [9.17, 15) is 19.5 Å². The van der Waals surface area contributed by atoms with Crippen molar-refractivity contribution in [3.63, 3.8) is 0 Å². The molecular formula is C27H27N3O5. The summed E-state index contributed by atoms with van der Waals surface area (Å²) in [7, 11) is 0. The van der Waals surface area contributed by atoms with Crippen molar-refractivity contribution in [2.45, 2.75) is 32.7 Å².